The van der Waals surface area contributed by atoms with Crippen molar-refractivity contribution in [2.75, 3.05) is 6.26 Å². The molecule has 1 aliphatic rings. The molecular weight excluding hydrogens is 537 g/mol. The average molecular weight is 571 g/mol. The molecule has 0 saturated carbocycles. The summed E-state index contributed by atoms with van der Waals surface area (Å²) in [5.41, 5.74) is 0. The van der Waals surface area contributed by atoms with E-state index in [0.717, 1.165) is 12.8 Å². The first kappa shape index (κ1) is 26.7. The summed E-state index contributed by atoms with van der Waals surface area (Å²) in [6.07, 6.45) is 11.6. The monoisotopic (exact) mass is 570 g/mol. The van der Waals surface area contributed by atoms with Crippen LogP contribution >= 0.6 is 21.8 Å². The highest BCUT2D eigenvalue weighted by Gasteiger charge is 2.28. The first-order chi connectivity index (χ1) is 19.7. The topological polar surface area (TPSA) is 0 Å². The van der Waals surface area contributed by atoms with Crippen LogP contribution in [0.5, 0.6) is 0 Å². The Morgan fingerprint density at radius 1 is 0.550 bits per heavy atom. The standard InChI is InChI=1S/C37H34S2Si/c1-39(32-14-6-2-7-15-32,33-16-8-3-9-17-33)34-26-22-30(23-27-34)38-31-24-28-37(29-25-31)40(35-18-10-4-11-19-35)36-20-12-5-13-21-36/h2-8,10-16,18-29,40H,9,17H2,1H3. The molecule has 0 nitrogen and oxygen atoms in total. The molecular formula is C37H34S2Si. The predicted molar refractivity (Wildman–Crippen MR) is 179 cm³/mol. The van der Waals surface area contributed by atoms with Crippen LogP contribution in [0.4, 0.5) is 0 Å². The molecule has 1 unspecified atom stereocenters. The van der Waals surface area contributed by atoms with E-state index in [1.54, 1.807) is 4.91 Å². The van der Waals surface area contributed by atoms with Gasteiger partial charge in [-0.05, 0) is 82.3 Å². The second kappa shape index (κ2) is 12.3. The minimum atomic E-state index is -1.50. The molecule has 3 heteroatoms. The lowest BCUT2D eigenvalue weighted by Gasteiger charge is -2.40. The Bertz CT molecular complexity index is 1550. The summed E-state index contributed by atoms with van der Waals surface area (Å²) in [6, 6.07) is 51.8. The molecule has 0 saturated heterocycles. The van der Waals surface area contributed by atoms with Crippen molar-refractivity contribution < 1.29 is 0 Å². The SMILES string of the molecule is CS(C1=CC=CCC1)(c1ccccc1)c1ccc(Sc2ccc([SiH](c3ccccc3)c3ccccc3)cc2)cc1. The predicted octanol–water partition coefficient (Wildman–Crippen LogP) is 8.17. The van der Waals surface area contributed by atoms with Crippen LogP contribution < -0.4 is 15.6 Å². The fourth-order valence-electron chi connectivity index (χ4n) is 5.56. The lowest BCUT2D eigenvalue weighted by Crippen LogP contribution is -2.51. The molecule has 0 spiro atoms. The van der Waals surface area contributed by atoms with Gasteiger partial charge in [-0.2, -0.15) is 10.0 Å². The van der Waals surface area contributed by atoms with Gasteiger partial charge in [0.25, 0.3) is 0 Å². The van der Waals surface area contributed by atoms with Crippen molar-refractivity contribution in [2.45, 2.75) is 32.4 Å². The Balaban J connectivity index is 1.25. The van der Waals surface area contributed by atoms with E-state index in [2.05, 4.69) is 164 Å². The van der Waals surface area contributed by atoms with Crippen LogP contribution in [0.15, 0.2) is 182 Å². The fraction of sp³-hybridized carbons (Fsp3) is 0.0811. The van der Waals surface area contributed by atoms with Crippen molar-refractivity contribution in [1.29, 1.82) is 0 Å². The number of hydrogen-bond acceptors (Lipinski definition) is 1. The first-order valence-corrected chi connectivity index (χ1v) is 18.5. The van der Waals surface area contributed by atoms with Crippen LogP contribution in [0.2, 0.25) is 0 Å². The summed E-state index contributed by atoms with van der Waals surface area (Å²) in [7, 11) is -2.75. The number of rotatable bonds is 8. The van der Waals surface area contributed by atoms with E-state index in [9.17, 15) is 0 Å². The normalized spacial score (nSPS) is 15.3. The average Bonchev–Trinajstić information content (AvgIpc) is 3.04. The molecule has 1 aliphatic carbocycles. The van der Waals surface area contributed by atoms with Crippen LogP contribution in [0, 0.1) is 0 Å². The molecule has 198 valence electrons. The van der Waals surface area contributed by atoms with E-state index < -0.39 is 18.8 Å². The molecule has 5 aromatic rings. The molecule has 0 aliphatic heterocycles. The van der Waals surface area contributed by atoms with E-state index >= 15 is 0 Å². The summed E-state index contributed by atoms with van der Waals surface area (Å²) in [5.74, 6) is 0. The minimum absolute atomic E-state index is 1.13. The van der Waals surface area contributed by atoms with E-state index in [0.29, 0.717) is 0 Å². The molecule has 0 fully saturated rings. The third-order valence-electron chi connectivity index (χ3n) is 7.72. The maximum atomic E-state index is 2.47. The van der Waals surface area contributed by atoms with Gasteiger partial charge in [0.2, 0.25) is 0 Å². The molecule has 1 atom stereocenters. The van der Waals surface area contributed by atoms with Crippen LogP contribution in [-0.2, 0) is 0 Å². The summed E-state index contributed by atoms with van der Waals surface area (Å²) < 4.78 is 0. The van der Waals surface area contributed by atoms with E-state index in [4.69, 9.17) is 0 Å². The zero-order valence-electron chi connectivity index (χ0n) is 22.8. The maximum Gasteiger partial charge on any atom is 0.132 e. The molecule has 0 aromatic heterocycles. The van der Waals surface area contributed by atoms with Crippen LogP contribution in [0.1, 0.15) is 12.8 Å². The zero-order chi connectivity index (χ0) is 27.2. The minimum Gasteiger partial charge on any atom is -0.167 e. The van der Waals surface area contributed by atoms with Crippen molar-refractivity contribution in [3.05, 3.63) is 163 Å². The van der Waals surface area contributed by atoms with Crippen molar-refractivity contribution in [2.24, 2.45) is 0 Å². The van der Waals surface area contributed by atoms with Crippen molar-refractivity contribution >= 4 is 46.1 Å². The Morgan fingerprint density at radius 2 is 1.02 bits per heavy atom. The van der Waals surface area contributed by atoms with Gasteiger partial charge in [0.15, 0.2) is 0 Å². The van der Waals surface area contributed by atoms with Crippen LogP contribution in [-0.4, -0.2) is 15.1 Å². The number of hydrogen-bond donors (Lipinski definition) is 0. The Kier molecular flexibility index (Phi) is 8.24. The smallest absolute Gasteiger partial charge is 0.132 e. The van der Waals surface area contributed by atoms with Gasteiger partial charge in [-0.3, -0.25) is 0 Å². The van der Waals surface area contributed by atoms with Gasteiger partial charge in [-0.1, -0.05) is 137 Å². The van der Waals surface area contributed by atoms with Crippen molar-refractivity contribution in [1.82, 2.24) is 0 Å². The van der Waals surface area contributed by atoms with E-state index in [-0.39, 0.29) is 0 Å². The van der Waals surface area contributed by atoms with Gasteiger partial charge >= 0.3 is 0 Å². The largest absolute Gasteiger partial charge is 0.167 e. The molecule has 0 radical (unpaired) electrons. The summed E-state index contributed by atoms with van der Waals surface area (Å²) in [5, 5.41) is 4.36. The Labute approximate surface area is 246 Å². The van der Waals surface area contributed by atoms with Gasteiger partial charge in [-0.15, -0.1) is 0 Å². The van der Waals surface area contributed by atoms with Crippen molar-refractivity contribution in [3.63, 3.8) is 0 Å². The lowest BCUT2D eigenvalue weighted by atomic mass is 10.2. The molecule has 0 bridgehead atoms. The number of allylic oxidation sites excluding steroid dienone is 4. The lowest BCUT2D eigenvalue weighted by molar-refractivity contribution is 1.01. The van der Waals surface area contributed by atoms with Crippen molar-refractivity contribution in [3.8, 4) is 0 Å². The molecule has 0 N–H and O–H groups in total. The third-order valence-corrected chi connectivity index (χ3v) is 15.7. The molecule has 40 heavy (non-hydrogen) atoms. The third kappa shape index (κ3) is 5.69. The molecule has 6 rings (SSSR count). The molecule has 5 aromatic carbocycles. The fourth-order valence-corrected chi connectivity index (χ4v) is 12.5. The highest BCUT2D eigenvalue weighted by molar-refractivity contribution is 8.36. The highest BCUT2D eigenvalue weighted by Crippen LogP contribution is 2.66. The molecule has 0 amide bonds. The second-order valence-electron chi connectivity index (χ2n) is 10.2. The van der Waals surface area contributed by atoms with Gasteiger partial charge in [0.05, 0.1) is 0 Å². The Hall–Kier alpha value is -3.50. The zero-order valence-corrected chi connectivity index (χ0v) is 25.6. The van der Waals surface area contributed by atoms with Gasteiger partial charge in [0.1, 0.15) is 8.80 Å². The Morgan fingerprint density at radius 3 is 1.55 bits per heavy atom. The maximum absolute atomic E-state index is 2.47. The molecule has 0 heterocycles. The second-order valence-corrected chi connectivity index (χ2v) is 17.5. The summed E-state index contributed by atoms with van der Waals surface area (Å²) in [6.45, 7) is 0. The van der Waals surface area contributed by atoms with Crippen LogP contribution in [0.25, 0.3) is 0 Å². The summed E-state index contributed by atoms with van der Waals surface area (Å²) in [4.78, 5) is 6.99. The van der Waals surface area contributed by atoms with Gasteiger partial charge in [0, 0.05) is 9.79 Å². The number of benzene rings is 5. The van der Waals surface area contributed by atoms with E-state index in [1.807, 2.05) is 11.8 Å². The summed E-state index contributed by atoms with van der Waals surface area (Å²) >= 11 is 1.85. The van der Waals surface area contributed by atoms with Gasteiger partial charge in [-0.25, -0.2) is 0 Å². The first-order valence-electron chi connectivity index (χ1n) is 13.9. The van der Waals surface area contributed by atoms with Crippen LogP contribution in [0.3, 0.4) is 0 Å². The van der Waals surface area contributed by atoms with E-state index in [1.165, 1.54) is 35.1 Å². The quantitative estimate of drug-likeness (QED) is 0.134. The highest BCUT2D eigenvalue weighted by atomic mass is 32.3. The van der Waals surface area contributed by atoms with Gasteiger partial charge < -0.3 is 0 Å².